The van der Waals surface area contributed by atoms with Crippen molar-refractivity contribution in [3.05, 3.63) is 77.2 Å². The summed E-state index contributed by atoms with van der Waals surface area (Å²) in [7, 11) is 1.32. The molecule has 1 aromatic heterocycles. The van der Waals surface area contributed by atoms with Crippen LogP contribution in [0.15, 0.2) is 54.9 Å². The van der Waals surface area contributed by atoms with Crippen molar-refractivity contribution in [2.45, 2.75) is 13.8 Å². The first kappa shape index (κ1) is 19.0. The van der Waals surface area contributed by atoms with Gasteiger partial charge in [0.05, 0.1) is 18.4 Å². The zero-order valence-corrected chi connectivity index (χ0v) is 15.8. The largest absolute Gasteiger partial charge is 0.465 e. The van der Waals surface area contributed by atoms with Gasteiger partial charge in [0, 0.05) is 11.8 Å². The third-order valence-electron chi connectivity index (χ3n) is 4.35. The second-order valence-electron chi connectivity index (χ2n) is 6.15. The fourth-order valence-electron chi connectivity index (χ4n) is 2.64. The minimum absolute atomic E-state index is 0.203. The van der Waals surface area contributed by atoms with Crippen LogP contribution >= 0.6 is 0 Å². The number of rotatable bonds is 5. The maximum absolute atomic E-state index is 12.6. The van der Waals surface area contributed by atoms with Crippen molar-refractivity contribution in [3.63, 3.8) is 0 Å². The molecule has 3 aromatic rings. The van der Waals surface area contributed by atoms with E-state index in [1.54, 1.807) is 24.3 Å². The smallest absolute Gasteiger partial charge is 0.339 e. The molecule has 0 spiro atoms. The summed E-state index contributed by atoms with van der Waals surface area (Å²) in [5.41, 5.74) is 3.90. The highest BCUT2D eigenvalue weighted by atomic mass is 16.5. The Bertz CT molecular complexity index is 1030. The van der Waals surface area contributed by atoms with Gasteiger partial charge in [0.2, 0.25) is 0 Å². The molecule has 2 aromatic carbocycles. The molecule has 7 heteroatoms. The van der Waals surface area contributed by atoms with Gasteiger partial charge >= 0.3 is 5.97 Å². The van der Waals surface area contributed by atoms with Crippen molar-refractivity contribution in [1.82, 2.24) is 9.97 Å². The van der Waals surface area contributed by atoms with Crippen LogP contribution in [-0.4, -0.2) is 29.0 Å². The minimum atomic E-state index is -0.468. The zero-order valence-electron chi connectivity index (χ0n) is 15.8. The normalized spacial score (nSPS) is 10.2. The van der Waals surface area contributed by atoms with Crippen LogP contribution in [0.1, 0.15) is 32.0 Å². The Morgan fingerprint density at radius 3 is 2.50 bits per heavy atom. The predicted octanol–water partition coefficient (Wildman–Crippen LogP) is 3.88. The number of aromatic nitrogens is 2. The first-order valence-corrected chi connectivity index (χ1v) is 8.63. The molecule has 1 heterocycles. The molecule has 0 aliphatic heterocycles. The van der Waals surface area contributed by atoms with Crippen LogP contribution in [0.2, 0.25) is 0 Å². The average Bonchev–Trinajstić information content (AvgIpc) is 2.71. The highest BCUT2D eigenvalue weighted by Crippen LogP contribution is 2.22. The van der Waals surface area contributed by atoms with Crippen LogP contribution in [0.4, 0.5) is 17.2 Å². The lowest BCUT2D eigenvalue weighted by Gasteiger charge is -2.12. The van der Waals surface area contributed by atoms with Gasteiger partial charge in [-0.25, -0.2) is 14.8 Å². The summed E-state index contributed by atoms with van der Waals surface area (Å²) in [5, 5.41) is 5.90. The first-order valence-electron chi connectivity index (χ1n) is 8.63. The van der Waals surface area contributed by atoms with E-state index in [9.17, 15) is 9.59 Å². The Morgan fingerprint density at radius 2 is 1.71 bits per heavy atom. The number of carbonyl (C=O) groups is 2. The summed E-state index contributed by atoms with van der Waals surface area (Å²) in [6.07, 6.45) is 1.29. The highest BCUT2D eigenvalue weighted by molar-refractivity contribution is 6.04. The van der Waals surface area contributed by atoms with Crippen molar-refractivity contribution < 1.29 is 14.3 Å². The minimum Gasteiger partial charge on any atom is -0.465 e. The maximum Gasteiger partial charge on any atom is 0.339 e. The van der Waals surface area contributed by atoms with E-state index in [4.69, 9.17) is 4.74 Å². The first-order chi connectivity index (χ1) is 13.5. The Labute approximate surface area is 162 Å². The van der Waals surface area contributed by atoms with Gasteiger partial charge in [-0.05, 0) is 43.2 Å². The monoisotopic (exact) mass is 376 g/mol. The summed E-state index contributed by atoms with van der Waals surface area (Å²) < 4.78 is 4.79. The quantitative estimate of drug-likeness (QED) is 0.657. The summed E-state index contributed by atoms with van der Waals surface area (Å²) in [5.74, 6) is -0.428. The van der Waals surface area contributed by atoms with Gasteiger partial charge in [-0.2, -0.15) is 0 Å². The Hall–Kier alpha value is -3.74. The van der Waals surface area contributed by atoms with Crippen molar-refractivity contribution >= 4 is 29.1 Å². The van der Waals surface area contributed by atoms with E-state index in [2.05, 4.69) is 20.6 Å². The SMILES string of the molecule is COC(=O)c1ccccc1Nc1cc(C(=O)Nc2cccc(C)c2C)ncn1. The molecule has 1 amide bonds. The van der Waals surface area contributed by atoms with Crippen LogP contribution in [0, 0.1) is 13.8 Å². The van der Waals surface area contributed by atoms with Gasteiger partial charge in [-0.15, -0.1) is 0 Å². The molecule has 0 saturated carbocycles. The number of nitrogens with one attached hydrogen (secondary N) is 2. The maximum atomic E-state index is 12.6. The van der Waals surface area contributed by atoms with Crippen LogP contribution in [0.3, 0.4) is 0 Å². The number of carbonyl (C=O) groups excluding carboxylic acids is 2. The molecular weight excluding hydrogens is 356 g/mol. The zero-order chi connectivity index (χ0) is 20.1. The summed E-state index contributed by atoms with van der Waals surface area (Å²) in [6.45, 7) is 3.93. The number of benzene rings is 2. The van der Waals surface area contributed by atoms with Gasteiger partial charge in [0.25, 0.3) is 5.91 Å². The predicted molar refractivity (Wildman–Crippen MR) is 107 cm³/mol. The van der Waals surface area contributed by atoms with Gasteiger partial charge < -0.3 is 15.4 Å². The lowest BCUT2D eigenvalue weighted by Crippen LogP contribution is -2.15. The molecule has 7 nitrogen and oxygen atoms in total. The second kappa shape index (κ2) is 8.30. The van der Waals surface area contributed by atoms with Crippen LogP contribution in [-0.2, 0) is 4.74 Å². The molecular formula is C21H20N4O3. The van der Waals surface area contributed by atoms with Crippen LogP contribution in [0.5, 0.6) is 0 Å². The number of anilines is 3. The van der Waals surface area contributed by atoms with E-state index >= 15 is 0 Å². The molecule has 0 atom stereocenters. The molecule has 0 fully saturated rings. The third kappa shape index (κ3) is 4.15. The number of hydrogen-bond acceptors (Lipinski definition) is 6. The van der Waals surface area contributed by atoms with E-state index in [0.29, 0.717) is 17.1 Å². The standard InChI is InChI=1S/C21H20N4O3/c1-13-7-6-10-16(14(13)2)25-20(26)18-11-19(23-12-22-18)24-17-9-5-4-8-15(17)21(27)28-3/h4-12H,1-3H3,(H,25,26)(H,22,23,24). The van der Waals surface area contributed by atoms with Crippen molar-refractivity contribution in [3.8, 4) is 0 Å². The molecule has 142 valence electrons. The molecule has 0 aliphatic carbocycles. The van der Waals surface area contributed by atoms with Gasteiger partial charge in [-0.3, -0.25) is 4.79 Å². The third-order valence-corrected chi connectivity index (χ3v) is 4.35. The number of para-hydroxylation sites is 1. The average molecular weight is 376 g/mol. The van der Waals surface area contributed by atoms with E-state index < -0.39 is 5.97 Å². The van der Waals surface area contributed by atoms with E-state index in [-0.39, 0.29) is 11.6 Å². The van der Waals surface area contributed by atoms with Crippen molar-refractivity contribution in [1.29, 1.82) is 0 Å². The van der Waals surface area contributed by atoms with E-state index in [1.165, 1.54) is 19.5 Å². The van der Waals surface area contributed by atoms with Gasteiger partial charge in [-0.1, -0.05) is 24.3 Å². The van der Waals surface area contributed by atoms with Crippen molar-refractivity contribution in [2.75, 3.05) is 17.7 Å². The molecule has 0 saturated heterocycles. The number of nitrogens with zero attached hydrogens (tertiary/aromatic N) is 2. The summed E-state index contributed by atoms with van der Waals surface area (Å²) in [4.78, 5) is 32.7. The van der Waals surface area contributed by atoms with E-state index in [0.717, 1.165) is 16.8 Å². The lowest BCUT2D eigenvalue weighted by atomic mass is 10.1. The highest BCUT2D eigenvalue weighted by Gasteiger charge is 2.14. The molecule has 28 heavy (non-hydrogen) atoms. The fraction of sp³-hybridized carbons (Fsp3) is 0.143. The molecule has 0 aliphatic rings. The Balaban J connectivity index is 1.82. The topological polar surface area (TPSA) is 93.2 Å². The van der Waals surface area contributed by atoms with Crippen molar-refractivity contribution in [2.24, 2.45) is 0 Å². The van der Waals surface area contributed by atoms with Crippen LogP contribution < -0.4 is 10.6 Å². The van der Waals surface area contributed by atoms with Gasteiger partial charge in [0.15, 0.2) is 0 Å². The molecule has 0 unspecified atom stereocenters. The number of esters is 1. The number of ether oxygens (including phenoxy) is 1. The Kier molecular flexibility index (Phi) is 5.64. The summed E-state index contributed by atoms with van der Waals surface area (Å²) in [6, 6.07) is 14.1. The number of hydrogen-bond donors (Lipinski definition) is 2. The van der Waals surface area contributed by atoms with E-state index in [1.807, 2.05) is 32.0 Å². The molecule has 2 N–H and O–H groups in total. The number of aryl methyl sites for hydroxylation is 1. The number of methoxy groups -OCH3 is 1. The fourth-order valence-corrected chi connectivity index (χ4v) is 2.64. The van der Waals surface area contributed by atoms with Gasteiger partial charge in [0.1, 0.15) is 17.8 Å². The molecule has 3 rings (SSSR count). The second-order valence-corrected chi connectivity index (χ2v) is 6.15. The summed E-state index contributed by atoms with van der Waals surface area (Å²) >= 11 is 0. The lowest BCUT2D eigenvalue weighted by molar-refractivity contribution is 0.0601. The molecule has 0 radical (unpaired) electrons. The Morgan fingerprint density at radius 1 is 0.964 bits per heavy atom. The van der Waals surface area contributed by atoms with Crippen LogP contribution in [0.25, 0.3) is 0 Å². The molecule has 0 bridgehead atoms. The number of amides is 1.